The predicted molar refractivity (Wildman–Crippen MR) is 58.5 cm³/mol. The highest BCUT2D eigenvalue weighted by molar-refractivity contribution is 6.18. The van der Waals surface area contributed by atoms with Crippen LogP contribution in [0.1, 0.15) is 18.4 Å². The Balaban J connectivity index is 1.69. The maximum atomic E-state index is 5.74. The van der Waals surface area contributed by atoms with E-state index in [2.05, 4.69) is 12.1 Å². The smallest absolute Gasteiger partial charge is 0.0720 e. The van der Waals surface area contributed by atoms with Crippen molar-refractivity contribution in [3.63, 3.8) is 0 Å². The highest BCUT2D eigenvalue weighted by Crippen LogP contribution is 2.31. The van der Waals surface area contributed by atoms with Crippen LogP contribution in [0.5, 0.6) is 0 Å². The number of benzene rings is 1. The van der Waals surface area contributed by atoms with Gasteiger partial charge in [0.15, 0.2) is 0 Å². The SMILES string of the molecule is ClCC1CC(OCc2ccccc2)C1. The molecule has 0 saturated heterocycles. The summed E-state index contributed by atoms with van der Waals surface area (Å²) in [7, 11) is 0. The molecule has 1 fully saturated rings. The van der Waals surface area contributed by atoms with Crippen LogP contribution in [0.2, 0.25) is 0 Å². The zero-order chi connectivity index (χ0) is 9.80. The topological polar surface area (TPSA) is 9.23 Å². The molecule has 0 spiro atoms. The Morgan fingerprint density at radius 2 is 1.93 bits per heavy atom. The van der Waals surface area contributed by atoms with E-state index in [-0.39, 0.29) is 0 Å². The quantitative estimate of drug-likeness (QED) is 0.694. The first-order valence-corrected chi connectivity index (χ1v) is 5.63. The van der Waals surface area contributed by atoms with Crippen LogP contribution in [-0.2, 0) is 11.3 Å². The second-order valence-electron chi connectivity index (χ2n) is 3.91. The summed E-state index contributed by atoms with van der Waals surface area (Å²) in [6.45, 7) is 0.737. The van der Waals surface area contributed by atoms with E-state index in [0.717, 1.165) is 25.3 Å². The van der Waals surface area contributed by atoms with Crippen LogP contribution in [0.15, 0.2) is 30.3 Å². The van der Waals surface area contributed by atoms with Crippen molar-refractivity contribution in [2.75, 3.05) is 5.88 Å². The van der Waals surface area contributed by atoms with E-state index in [4.69, 9.17) is 16.3 Å². The summed E-state index contributed by atoms with van der Waals surface area (Å²) in [5.74, 6) is 1.48. The van der Waals surface area contributed by atoms with Gasteiger partial charge in [0.25, 0.3) is 0 Å². The minimum Gasteiger partial charge on any atom is -0.374 e. The van der Waals surface area contributed by atoms with Gasteiger partial charge >= 0.3 is 0 Å². The first-order valence-electron chi connectivity index (χ1n) is 5.10. The normalized spacial score (nSPS) is 25.8. The molecule has 0 aliphatic heterocycles. The standard InChI is InChI=1S/C12H15ClO/c13-8-11-6-12(7-11)14-9-10-4-2-1-3-5-10/h1-5,11-12H,6-9H2. The van der Waals surface area contributed by atoms with Gasteiger partial charge in [-0.15, -0.1) is 11.6 Å². The summed E-state index contributed by atoms with van der Waals surface area (Å²) in [6.07, 6.45) is 2.71. The van der Waals surface area contributed by atoms with Gasteiger partial charge in [0.05, 0.1) is 12.7 Å². The Morgan fingerprint density at radius 1 is 1.21 bits per heavy atom. The molecular weight excluding hydrogens is 196 g/mol. The summed E-state index contributed by atoms with van der Waals surface area (Å²) in [5, 5.41) is 0. The van der Waals surface area contributed by atoms with Gasteiger partial charge in [-0.1, -0.05) is 30.3 Å². The Kier molecular flexibility index (Phi) is 3.44. The summed E-state index contributed by atoms with van der Waals surface area (Å²) in [5.41, 5.74) is 1.25. The Bertz CT molecular complexity index is 267. The van der Waals surface area contributed by atoms with Crippen molar-refractivity contribution in [1.82, 2.24) is 0 Å². The molecule has 1 saturated carbocycles. The molecule has 0 amide bonds. The number of alkyl halides is 1. The maximum Gasteiger partial charge on any atom is 0.0720 e. The van der Waals surface area contributed by atoms with Gasteiger partial charge in [-0.2, -0.15) is 0 Å². The molecule has 0 N–H and O–H groups in total. The van der Waals surface area contributed by atoms with Crippen LogP contribution >= 0.6 is 11.6 Å². The second kappa shape index (κ2) is 4.81. The Labute approximate surface area is 90.0 Å². The molecule has 14 heavy (non-hydrogen) atoms. The predicted octanol–water partition coefficient (Wildman–Crippen LogP) is 3.22. The van der Waals surface area contributed by atoms with Gasteiger partial charge in [0.2, 0.25) is 0 Å². The zero-order valence-corrected chi connectivity index (χ0v) is 8.91. The number of rotatable bonds is 4. The second-order valence-corrected chi connectivity index (χ2v) is 4.22. The zero-order valence-electron chi connectivity index (χ0n) is 8.16. The van der Waals surface area contributed by atoms with E-state index >= 15 is 0 Å². The van der Waals surface area contributed by atoms with Crippen LogP contribution < -0.4 is 0 Å². The monoisotopic (exact) mass is 210 g/mol. The van der Waals surface area contributed by atoms with Crippen molar-refractivity contribution in [3.8, 4) is 0 Å². The molecule has 2 rings (SSSR count). The number of hydrogen-bond acceptors (Lipinski definition) is 1. The van der Waals surface area contributed by atoms with Crippen LogP contribution in [0, 0.1) is 5.92 Å². The van der Waals surface area contributed by atoms with Crippen LogP contribution in [-0.4, -0.2) is 12.0 Å². The number of hydrogen-bond donors (Lipinski definition) is 0. The molecule has 1 aromatic carbocycles. The fraction of sp³-hybridized carbons (Fsp3) is 0.500. The Morgan fingerprint density at radius 3 is 2.57 bits per heavy atom. The third kappa shape index (κ3) is 2.49. The van der Waals surface area contributed by atoms with Gasteiger partial charge in [0, 0.05) is 5.88 Å². The van der Waals surface area contributed by atoms with Crippen molar-refractivity contribution in [2.45, 2.75) is 25.6 Å². The third-order valence-electron chi connectivity index (χ3n) is 2.74. The van der Waals surface area contributed by atoms with Crippen LogP contribution in [0.25, 0.3) is 0 Å². The number of ether oxygens (including phenoxy) is 1. The third-order valence-corrected chi connectivity index (χ3v) is 3.18. The molecule has 0 heterocycles. The molecular formula is C12H15ClO. The van der Waals surface area contributed by atoms with Crippen molar-refractivity contribution >= 4 is 11.6 Å². The van der Waals surface area contributed by atoms with Crippen LogP contribution in [0.3, 0.4) is 0 Å². The lowest BCUT2D eigenvalue weighted by Gasteiger charge is -2.33. The molecule has 0 bridgehead atoms. The van der Waals surface area contributed by atoms with Gasteiger partial charge in [-0.25, -0.2) is 0 Å². The summed E-state index contributed by atoms with van der Waals surface area (Å²) in [4.78, 5) is 0. The molecule has 0 atom stereocenters. The van der Waals surface area contributed by atoms with Crippen molar-refractivity contribution in [1.29, 1.82) is 0 Å². The fourth-order valence-corrected chi connectivity index (χ4v) is 1.98. The van der Waals surface area contributed by atoms with Gasteiger partial charge in [-0.3, -0.25) is 0 Å². The van der Waals surface area contributed by atoms with Crippen LogP contribution in [0.4, 0.5) is 0 Å². The van der Waals surface area contributed by atoms with E-state index in [1.165, 1.54) is 5.56 Å². The summed E-state index contributed by atoms with van der Waals surface area (Å²) < 4.78 is 5.74. The summed E-state index contributed by atoms with van der Waals surface area (Å²) in [6, 6.07) is 10.3. The number of halogens is 1. The van der Waals surface area contributed by atoms with Gasteiger partial charge in [0.1, 0.15) is 0 Å². The van der Waals surface area contributed by atoms with E-state index in [1.54, 1.807) is 0 Å². The average molecular weight is 211 g/mol. The average Bonchev–Trinajstić information content (AvgIpc) is 2.17. The Hall–Kier alpha value is -0.530. The molecule has 76 valence electrons. The van der Waals surface area contributed by atoms with E-state index < -0.39 is 0 Å². The van der Waals surface area contributed by atoms with Crippen molar-refractivity contribution in [2.24, 2.45) is 5.92 Å². The lowest BCUT2D eigenvalue weighted by atomic mass is 9.84. The molecule has 1 nitrogen and oxygen atoms in total. The highest BCUT2D eigenvalue weighted by Gasteiger charge is 2.28. The van der Waals surface area contributed by atoms with Gasteiger partial charge in [-0.05, 0) is 24.3 Å². The minimum absolute atomic E-state index is 0.443. The molecule has 1 aromatic rings. The molecule has 1 aliphatic carbocycles. The molecule has 0 unspecified atom stereocenters. The minimum atomic E-state index is 0.443. The molecule has 0 radical (unpaired) electrons. The molecule has 2 heteroatoms. The maximum absolute atomic E-state index is 5.74. The first kappa shape index (κ1) is 10.0. The molecule has 0 aromatic heterocycles. The lowest BCUT2D eigenvalue weighted by Crippen LogP contribution is -2.32. The van der Waals surface area contributed by atoms with Crippen molar-refractivity contribution in [3.05, 3.63) is 35.9 Å². The fourth-order valence-electron chi connectivity index (χ4n) is 1.72. The van der Waals surface area contributed by atoms with Crippen molar-refractivity contribution < 1.29 is 4.74 Å². The molecule has 1 aliphatic rings. The first-order chi connectivity index (χ1) is 6.88. The summed E-state index contributed by atoms with van der Waals surface area (Å²) >= 11 is 5.73. The van der Waals surface area contributed by atoms with E-state index in [1.807, 2.05) is 18.2 Å². The van der Waals surface area contributed by atoms with E-state index in [0.29, 0.717) is 12.0 Å². The largest absolute Gasteiger partial charge is 0.374 e. The lowest BCUT2D eigenvalue weighted by molar-refractivity contribution is -0.0343. The van der Waals surface area contributed by atoms with Gasteiger partial charge < -0.3 is 4.74 Å². The highest BCUT2D eigenvalue weighted by atomic mass is 35.5. The van der Waals surface area contributed by atoms with E-state index in [9.17, 15) is 0 Å².